The van der Waals surface area contributed by atoms with E-state index in [2.05, 4.69) is 10.3 Å². The molecular weight excluding hydrogens is 296 g/mol. The Kier molecular flexibility index (Phi) is 3.85. The predicted molar refractivity (Wildman–Crippen MR) is 87.4 cm³/mol. The van der Waals surface area contributed by atoms with E-state index in [-0.39, 0.29) is 5.91 Å². The van der Waals surface area contributed by atoms with E-state index in [0.29, 0.717) is 16.7 Å². The Hall–Kier alpha value is -2.70. The van der Waals surface area contributed by atoms with Crippen molar-refractivity contribution in [1.82, 2.24) is 14.1 Å². The van der Waals surface area contributed by atoms with Crippen LogP contribution in [-0.2, 0) is 18.9 Å². The van der Waals surface area contributed by atoms with Crippen LogP contribution in [0.4, 0.5) is 5.69 Å². The molecule has 3 rings (SSSR count). The van der Waals surface area contributed by atoms with Gasteiger partial charge >= 0.3 is 5.69 Å². The number of hydrogen-bond acceptors (Lipinski definition) is 4. The number of rotatable bonds is 2. The monoisotopic (exact) mass is 314 g/mol. The van der Waals surface area contributed by atoms with Gasteiger partial charge in [0.05, 0.1) is 17.3 Å². The number of allylic oxidation sites excluding steroid dienone is 1. The summed E-state index contributed by atoms with van der Waals surface area (Å²) in [5, 5.41) is 3.08. The SMILES string of the molecule is Cn1c(=O)c2cc(NC(=O)C3=CCCCC3)cnc2n(C)c1=O. The summed E-state index contributed by atoms with van der Waals surface area (Å²) in [7, 11) is 2.98. The molecule has 1 aliphatic rings. The lowest BCUT2D eigenvalue weighted by Crippen LogP contribution is -2.37. The predicted octanol–water partition coefficient (Wildman–Crippen LogP) is 1.07. The van der Waals surface area contributed by atoms with Crippen molar-refractivity contribution in [2.24, 2.45) is 14.1 Å². The van der Waals surface area contributed by atoms with Crippen LogP contribution in [0.15, 0.2) is 33.5 Å². The topological polar surface area (TPSA) is 86.0 Å². The minimum atomic E-state index is -0.431. The molecule has 2 aromatic heterocycles. The zero-order valence-corrected chi connectivity index (χ0v) is 13.1. The van der Waals surface area contributed by atoms with Crippen molar-refractivity contribution in [3.8, 4) is 0 Å². The average molecular weight is 314 g/mol. The fourth-order valence-electron chi connectivity index (χ4n) is 2.79. The van der Waals surface area contributed by atoms with E-state index < -0.39 is 11.2 Å². The summed E-state index contributed by atoms with van der Waals surface area (Å²) in [6.45, 7) is 0. The number of aryl methyl sites for hydroxylation is 1. The lowest BCUT2D eigenvalue weighted by molar-refractivity contribution is -0.113. The summed E-state index contributed by atoms with van der Waals surface area (Å²) in [6.07, 6.45) is 7.22. The van der Waals surface area contributed by atoms with Gasteiger partial charge in [0, 0.05) is 19.7 Å². The van der Waals surface area contributed by atoms with E-state index in [1.165, 1.54) is 17.8 Å². The Morgan fingerprint density at radius 1 is 1.22 bits per heavy atom. The third-order valence-electron chi connectivity index (χ3n) is 4.13. The van der Waals surface area contributed by atoms with E-state index in [4.69, 9.17) is 0 Å². The van der Waals surface area contributed by atoms with Crippen molar-refractivity contribution in [2.45, 2.75) is 25.7 Å². The summed E-state index contributed by atoms with van der Waals surface area (Å²) in [5.41, 5.74) is 0.658. The molecule has 0 saturated carbocycles. The summed E-state index contributed by atoms with van der Waals surface area (Å²) in [5.74, 6) is -0.160. The molecule has 0 unspecified atom stereocenters. The number of nitrogens with one attached hydrogen (secondary N) is 1. The highest BCUT2D eigenvalue weighted by Crippen LogP contribution is 2.19. The van der Waals surface area contributed by atoms with Crippen LogP contribution in [0.1, 0.15) is 25.7 Å². The number of carbonyl (C=O) groups is 1. The molecule has 7 heteroatoms. The van der Waals surface area contributed by atoms with Crippen LogP contribution >= 0.6 is 0 Å². The zero-order valence-electron chi connectivity index (χ0n) is 13.1. The van der Waals surface area contributed by atoms with Gasteiger partial charge in [-0.15, -0.1) is 0 Å². The molecule has 1 amide bonds. The first-order chi connectivity index (χ1) is 11.0. The molecule has 0 radical (unpaired) electrons. The van der Waals surface area contributed by atoms with Gasteiger partial charge in [-0.3, -0.25) is 18.7 Å². The normalized spacial score (nSPS) is 14.6. The number of nitrogens with zero attached hydrogens (tertiary/aromatic N) is 3. The molecule has 0 aromatic carbocycles. The van der Waals surface area contributed by atoms with Crippen molar-refractivity contribution in [1.29, 1.82) is 0 Å². The fourth-order valence-corrected chi connectivity index (χ4v) is 2.79. The molecule has 2 aromatic rings. The molecule has 0 atom stereocenters. The largest absolute Gasteiger partial charge is 0.332 e. The lowest BCUT2D eigenvalue weighted by Gasteiger charge is -2.13. The first kappa shape index (κ1) is 15.2. The van der Waals surface area contributed by atoms with Crippen molar-refractivity contribution in [3.05, 3.63) is 44.8 Å². The highest BCUT2D eigenvalue weighted by atomic mass is 16.2. The van der Waals surface area contributed by atoms with E-state index in [1.54, 1.807) is 13.1 Å². The minimum Gasteiger partial charge on any atom is -0.321 e. The second kappa shape index (κ2) is 5.83. The maximum Gasteiger partial charge on any atom is 0.332 e. The van der Waals surface area contributed by atoms with Gasteiger partial charge in [-0.1, -0.05) is 6.08 Å². The molecule has 1 aliphatic carbocycles. The van der Waals surface area contributed by atoms with Crippen molar-refractivity contribution in [3.63, 3.8) is 0 Å². The number of amides is 1. The van der Waals surface area contributed by atoms with Gasteiger partial charge in [0.2, 0.25) is 0 Å². The van der Waals surface area contributed by atoms with Crippen molar-refractivity contribution in [2.75, 3.05) is 5.32 Å². The van der Waals surface area contributed by atoms with Crippen LogP contribution in [-0.4, -0.2) is 20.0 Å². The van der Waals surface area contributed by atoms with E-state index in [9.17, 15) is 14.4 Å². The van der Waals surface area contributed by atoms with Crippen molar-refractivity contribution >= 4 is 22.6 Å². The molecular formula is C16H18N4O3. The van der Waals surface area contributed by atoms with Gasteiger partial charge in [0.15, 0.2) is 0 Å². The van der Waals surface area contributed by atoms with Crippen molar-refractivity contribution < 1.29 is 4.79 Å². The second-order valence-corrected chi connectivity index (χ2v) is 5.73. The maximum absolute atomic E-state index is 12.2. The molecule has 7 nitrogen and oxygen atoms in total. The van der Waals surface area contributed by atoms with Crippen LogP contribution in [0.5, 0.6) is 0 Å². The van der Waals surface area contributed by atoms with Crippen LogP contribution < -0.4 is 16.6 Å². The van der Waals surface area contributed by atoms with E-state index in [0.717, 1.165) is 35.8 Å². The quantitative estimate of drug-likeness (QED) is 0.898. The smallest absolute Gasteiger partial charge is 0.321 e. The third-order valence-corrected chi connectivity index (χ3v) is 4.13. The molecule has 0 spiro atoms. The maximum atomic E-state index is 12.2. The van der Waals surface area contributed by atoms with Gasteiger partial charge in [-0.25, -0.2) is 9.78 Å². The van der Waals surface area contributed by atoms with Gasteiger partial charge in [-0.2, -0.15) is 0 Å². The summed E-state index contributed by atoms with van der Waals surface area (Å²) in [6, 6.07) is 1.56. The Bertz CT molecular complexity index is 937. The summed E-state index contributed by atoms with van der Waals surface area (Å²) in [4.78, 5) is 40.5. The number of pyridine rings is 1. The Morgan fingerprint density at radius 2 is 2.00 bits per heavy atom. The van der Waals surface area contributed by atoms with Gasteiger partial charge in [0.25, 0.3) is 11.5 Å². The first-order valence-corrected chi connectivity index (χ1v) is 7.55. The Morgan fingerprint density at radius 3 is 2.70 bits per heavy atom. The molecule has 23 heavy (non-hydrogen) atoms. The molecule has 1 N–H and O–H groups in total. The Labute approximate surface area is 132 Å². The van der Waals surface area contributed by atoms with Crippen LogP contribution in [0.2, 0.25) is 0 Å². The molecule has 2 heterocycles. The summed E-state index contributed by atoms with van der Waals surface area (Å²) < 4.78 is 2.34. The van der Waals surface area contributed by atoms with Crippen LogP contribution in [0.25, 0.3) is 11.0 Å². The van der Waals surface area contributed by atoms with Crippen LogP contribution in [0, 0.1) is 0 Å². The second-order valence-electron chi connectivity index (χ2n) is 5.73. The molecule has 0 bridgehead atoms. The third kappa shape index (κ3) is 2.69. The molecule has 0 aliphatic heterocycles. The highest BCUT2D eigenvalue weighted by Gasteiger charge is 2.14. The number of anilines is 1. The first-order valence-electron chi connectivity index (χ1n) is 7.55. The number of aromatic nitrogens is 3. The number of hydrogen-bond donors (Lipinski definition) is 1. The standard InChI is InChI=1S/C16H18N4O3/c1-19-13-12(15(22)20(2)16(19)23)8-11(9-17-13)18-14(21)10-6-4-3-5-7-10/h6,8-9H,3-5,7H2,1-2H3,(H,18,21). The number of fused-ring (bicyclic) bond motifs is 1. The van der Waals surface area contributed by atoms with E-state index >= 15 is 0 Å². The molecule has 0 saturated heterocycles. The zero-order chi connectivity index (χ0) is 16.6. The summed E-state index contributed by atoms with van der Waals surface area (Å²) >= 11 is 0. The van der Waals surface area contributed by atoms with E-state index in [1.807, 2.05) is 6.08 Å². The molecule has 0 fully saturated rings. The van der Waals surface area contributed by atoms with Gasteiger partial charge in [0.1, 0.15) is 5.65 Å². The molecule has 120 valence electrons. The number of carbonyl (C=O) groups excluding carboxylic acids is 1. The van der Waals surface area contributed by atoms with Crippen LogP contribution in [0.3, 0.4) is 0 Å². The highest BCUT2D eigenvalue weighted by molar-refractivity contribution is 6.04. The Balaban J connectivity index is 2.01. The van der Waals surface area contributed by atoms with Gasteiger partial charge < -0.3 is 5.32 Å². The fraction of sp³-hybridized carbons (Fsp3) is 0.375. The average Bonchev–Trinajstić information content (AvgIpc) is 2.58. The minimum absolute atomic E-state index is 0.160. The lowest BCUT2D eigenvalue weighted by atomic mass is 9.99. The van der Waals surface area contributed by atoms with Gasteiger partial charge in [-0.05, 0) is 31.7 Å².